The van der Waals surface area contributed by atoms with Crippen LogP contribution in [0, 0.1) is 6.92 Å². The van der Waals surface area contributed by atoms with Gasteiger partial charge in [-0.3, -0.25) is 0 Å². The number of nitrogens with two attached hydrogens (primary N) is 1. The van der Waals surface area contributed by atoms with Gasteiger partial charge >= 0.3 is 0 Å². The third kappa shape index (κ3) is 2.97. The van der Waals surface area contributed by atoms with Crippen LogP contribution < -0.4 is 15.4 Å². The molecule has 3 nitrogen and oxygen atoms in total. The summed E-state index contributed by atoms with van der Waals surface area (Å²) in [5.41, 5.74) is 10.4. The summed E-state index contributed by atoms with van der Waals surface area (Å²) in [6.07, 6.45) is 1.21. The average Bonchev–Trinajstić information content (AvgIpc) is 2.87. The zero-order valence-corrected chi connectivity index (χ0v) is 12.7. The number of ether oxygens (including phenoxy) is 1. The van der Waals surface area contributed by atoms with Crippen LogP contribution in [-0.4, -0.2) is 19.2 Å². The van der Waals surface area contributed by atoms with Crippen LogP contribution in [0.25, 0.3) is 0 Å². The first-order valence-electron chi connectivity index (χ1n) is 7.52. The van der Waals surface area contributed by atoms with Crippen molar-refractivity contribution in [3.63, 3.8) is 0 Å². The minimum Gasteiger partial charge on any atom is -0.488 e. The lowest BCUT2D eigenvalue weighted by atomic mass is 10.1. The van der Waals surface area contributed by atoms with Crippen molar-refractivity contribution in [3.05, 3.63) is 53.6 Å². The van der Waals surface area contributed by atoms with Crippen LogP contribution in [0.1, 0.15) is 18.1 Å². The Morgan fingerprint density at radius 2 is 1.95 bits per heavy atom. The molecule has 0 amide bonds. The molecule has 1 aliphatic rings. The highest BCUT2D eigenvalue weighted by Gasteiger charge is 2.24. The fraction of sp³-hybridized carbons (Fsp3) is 0.333. The van der Waals surface area contributed by atoms with Gasteiger partial charge in [-0.25, -0.2) is 0 Å². The summed E-state index contributed by atoms with van der Waals surface area (Å²) in [5.74, 6) is 1.04. The van der Waals surface area contributed by atoms with Crippen molar-refractivity contribution >= 4 is 11.4 Å². The first-order valence-corrected chi connectivity index (χ1v) is 7.52. The van der Waals surface area contributed by atoms with Gasteiger partial charge in [-0.15, -0.1) is 0 Å². The second-order valence-electron chi connectivity index (χ2n) is 5.69. The molecule has 3 heteroatoms. The van der Waals surface area contributed by atoms with Crippen LogP contribution >= 0.6 is 0 Å². The number of fused-ring (bicyclic) bond motifs is 1. The van der Waals surface area contributed by atoms with E-state index >= 15 is 0 Å². The van der Waals surface area contributed by atoms with Crippen LogP contribution in [0.15, 0.2) is 42.5 Å². The third-order valence-corrected chi connectivity index (χ3v) is 4.02. The fourth-order valence-corrected chi connectivity index (χ4v) is 2.90. The van der Waals surface area contributed by atoms with Gasteiger partial charge in [0.1, 0.15) is 11.9 Å². The van der Waals surface area contributed by atoms with Crippen molar-refractivity contribution in [2.24, 2.45) is 0 Å². The summed E-state index contributed by atoms with van der Waals surface area (Å²) in [5, 5.41) is 0. The molecular weight excluding hydrogens is 260 g/mol. The summed E-state index contributed by atoms with van der Waals surface area (Å²) in [4.78, 5) is 2.34. The summed E-state index contributed by atoms with van der Waals surface area (Å²) in [6, 6.07) is 14.5. The van der Waals surface area contributed by atoms with E-state index in [-0.39, 0.29) is 6.10 Å². The average molecular weight is 282 g/mol. The zero-order chi connectivity index (χ0) is 14.8. The van der Waals surface area contributed by atoms with Crippen molar-refractivity contribution in [1.29, 1.82) is 0 Å². The predicted octanol–water partition coefficient (Wildman–Crippen LogP) is 3.41. The molecule has 0 radical (unpaired) electrons. The standard InChI is InChI=1S/C18H22N2O/c1-3-20(16-7-5-15(19)6-8-16)12-17-11-14-10-13(2)4-9-18(14)21-17/h4-10,17H,3,11-12,19H2,1-2H3. The monoisotopic (exact) mass is 282 g/mol. The number of aryl methyl sites for hydroxylation is 1. The molecule has 2 aromatic carbocycles. The number of anilines is 2. The zero-order valence-electron chi connectivity index (χ0n) is 12.7. The number of rotatable bonds is 4. The van der Waals surface area contributed by atoms with E-state index < -0.39 is 0 Å². The Bertz CT molecular complexity index is 622. The molecule has 0 saturated heterocycles. The van der Waals surface area contributed by atoms with Crippen LogP contribution in [-0.2, 0) is 6.42 Å². The topological polar surface area (TPSA) is 38.5 Å². The minimum atomic E-state index is 0.222. The molecule has 110 valence electrons. The maximum Gasteiger partial charge on any atom is 0.123 e. The largest absolute Gasteiger partial charge is 0.488 e. The van der Waals surface area contributed by atoms with E-state index in [1.54, 1.807) is 0 Å². The van der Waals surface area contributed by atoms with Crippen LogP contribution in [0.5, 0.6) is 5.75 Å². The Kier molecular flexibility index (Phi) is 3.74. The van der Waals surface area contributed by atoms with E-state index in [9.17, 15) is 0 Å². The minimum absolute atomic E-state index is 0.222. The molecule has 0 fully saturated rings. The molecule has 0 spiro atoms. The van der Waals surface area contributed by atoms with Gasteiger partial charge in [0.05, 0.1) is 6.54 Å². The van der Waals surface area contributed by atoms with Crippen LogP contribution in [0.3, 0.4) is 0 Å². The quantitative estimate of drug-likeness (QED) is 0.873. The number of hydrogen-bond donors (Lipinski definition) is 1. The summed E-state index contributed by atoms with van der Waals surface area (Å²) in [6.45, 7) is 6.15. The van der Waals surface area contributed by atoms with E-state index in [1.807, 2.05) is 12.1 Å². The Hall–Kier alpha value is -2.16. The van der Waals surface area contributed by atoms with E-state index in [1.165, 1.54) is 16.8 Å². The lowest BCUT2D eigenvalue weighted by molar-refractivity contribution is 0.237. The Labute approximate surface area is 126 Å². The van der Waals surface area contributed by atoms with Gasteiger partial charge in [-0.05, 0) is 49.7 Å². The molecule has 21 heavy (non-hydrogen) atoms. The molecule has 2 N–H and O–H groups in total. The van der Waals surface area contributed by atoms with Crippen molar-refractivity contribution in [1.82, 2.24) is 0 Å². The van der Waals surface area contributed by atoms with Gasteiger partial charge in [-0.1, -0.05) is 17.7 Å². The smallest absolute Gasteiger partial charge is 0.123 e. The van der Waals surface area contributed by atoms with E-state index in [2.05, 4.69) is 49.1 Å². The number of benzene rings is 2. The highest BCUT2D eigenvalue weighted by molar-refractivity contribution is 5.53. The highest BCUT2D eigenvalue weighted by Crippen LogP contribution is 2.30. The number of nitrogens with zero attached hydrogens (tertiary/aromatic N) is 1. The Morgan fingerprint density at radius 1 is 1.19 bits per heavy atom. The first kappa shape index (κ1) is 13.8. The summed E-state index contributed by atoms with van der Waals surface area (Å²) < 4.78 is 6.07. The Balaban J connectivity index is 1.70. The van der Waals surface area contributed by atoms with Gasteiger partial charge in [0.15, 0.2) is 0 Å². The summed E-state index contributed by atoms with van der Waals surface area (Å²) >= 11 is 0. The van der Waals surface area contributed by atoms with Gasteiger partial charge in [0.2, 0.25) is 0 Å². The molecule has 2 aromatic rings. The molecule has 0 bridgehead atoms. The number of likely N-dealkylation sites (N-methyl/N-ethyl adjacent to an activating group) is 1. The van der Waals surface area contributed by atoms with Crippen molar-refractivity contribution in [2.75, 3.05) is 23.7 Å². The molecule has 0 aromatic heterocycles. The second-order valence-corrected chi connectivity index (χ2v) is 5.69. The molecule has 1 unspecified atom stereocenters. The molecule has 1 atom stereocenters. The van der Waals surface area contributed by atoms with E-state index in [0.717, 1.165) is 30.9 Å². The van der Waals surface area contributed by atoms with E-state index in [0.29, 0.717) is 0 Å². The molecule has 1 heterocycles. The van der Waals surface area contributed by atoms with Crippen molar-refractivity contribution < 1.29 is 4.74 Å². The first-order chi connectivity index (χ1) is 10.2. The maximum atomic E-state index is 6.07. The summed E-state index contributed by atoms with van der Waals surface area (Å²) in [7, 11) is 0. The molecule has 1 aliphatic heterocycles. The molecule has 0 saturated carbocycles. The van der Waals surface area contributed by atoms with Gasteiger partial charge in [-0.2, -0.15) is 0 Å². The van der Waals surface area contributed by atoms with Crippen molar-refractivity contribution in [3.8, 4) is 5.75 Å². The normalized spacial score (nSPS) is 16.4. The van der Waals surface area contributed by atoms with Gasteiger partial charge < -0.3 is 15.4 Å². The second kappa shape index (κ2) is 5.68. The fourth-order valence-electron chi connectivity index (χ4n) is 2.90. The molecular formula is C18H22N2O. The van der Waals surface area contributed by atoms with Gasteiger partial charge in [0.25, 0.3) is 0 Å². The number of hydrogen-bond acceptors (Lipinski definition) is 3. The predicted molar refractivity (Wildman–Crippen MR) is 88.0 cm³/mol. The van der Waals surface area contributed by atoms with Crippen LogP contribution in [0.2, 0.25) is 0 Å². The van der Waals surface area contributed by atoms with Crippen LogP contribution in [0.4, 0.5) is 11.4 Å². The lowest BCUT2D eigenvalue weighted by Gasteiger charge is -2.26. The van der Waals surface area contributed by atoms with Crippen molar-refractivity contribution in [2.45, 2.75) is 26.4 Å². The maximum absolute atomic E-state index is 6.07. The Morgan fingerprint density at radius 3 is 2.67 bits per heavy atom. The third-order valence-electron chi connectivity index (χ3n) is 4.02. The lowest BCUT2D eigenvalue weighted by Crippen LogP contribution is -2.34. The molecule has 3 rings (SSSR count). The van der Waals surface area contributed by atoms with Gasteiger partial charge in [0, 0.05) is 24.3 Å². The SMILES string of the molecule is CCN(CC1Cc2cc(C)ccc2O1)c1ccc(N)cc1. The van der Waals surface area contributed by atoms with E-state index in [4.69, 9.17) is 10.5 Å². The molecule has 0 aliphatic carbocycles. The number of nitrogen functional groups attached to an aromatic ring is 1. The highest BCUT2D eigenvalue weighted by atomic mass is 16.5.